The molecule has 1 aliphatic carbocycles. The molecule has 1 unspecified atom stereocenters. The highest BCUT2D eigenvalue weighted by Crippen LogP contribution is 2.44. The molecule has 9 nitrogen and oxygen atoms in total. The molecule has 0 aliphatic heterocycles. The number of carboxylic acid groups (broad SMARTS) is 1. The van der Waals surface area contributed by atoms with E-state index in [9.17, 15) is 19.5 Å². The molecule has 0 fully saturated rings. The second-order valence-corrected chi connectivity index (χ2v) is 8.70. The number of aliphatic hydroxyl groups is 1. The van der Waals surface area contributed by atoms with E-state index >= 15 is 0 Å². The van der Waals surface area contributed by atoms with E-state index in [0.29, 0.717) is 5.76 Å². The Morgan fingerprint density at radius 3 is 2.23 bits per heavy atom. The van der Waals surface area contributed by atoms with Crippen molar-refractivity contribution in [2.75, 3.05) is 13.2 Å². The number of amides is 2. The van der Waals surface area contributed by atoms with E-state index < -0.39 is 30.0 Å². The highest BCUT2D eigenvalue weighted by Gasteiger charge is 2.29. The van der Waals surface area contributed by atoms with Crippen LogP contribution in [0.4, 0.5) is 4.79 Å². The summed E-state index contributed by atoms with van der Waals surface area (Å²) < 4.78 is 10.9. The van der Waals surface area contributed by atoms with Gasteiger partial charge in [-0.3, -0.25) is 9.59 Å². The standard InChI is InChI=1S/C26H26N2O7/c1-26(33,12-23(29)30)15-28-24(31)22-11-10-16(35-22)13-27-25(32)34-14-21-19-8-4-2-6-17(19)18-7-3-5-9-20(18)21/h2-11,21,33H,12-15H2,1H3,(H,27,32)(H,28,31)(H,29,30). The van der Waals surface area contributed by atoms with Gasteiger partial charge in [0.05, 0.1) is 18.6 Å². The van der Waals surface area contributed by atoms with Crippen molar-refractivity contribution in [3.63, 3.8) is 0 Å². The van der Waals surface area contributed by atoms with Gasteiger partial charge in [0.2, 0.25) is 0 Å². The minimum atomic E-state index is -1.59. The Labute approximate surface area is 201 Å². The fourth-order valence-electron chi connectivity index (χ4n) is 4.15. The maximum Gasteiger partial charge on any atom is 0.407 e. The first-order valence-corrected chi connectivity index (χ1v) is 11.1. The minimum Gasteiger partial charge on any atom is -0.481 e. The number of hydrogen-bond acceptors (Lipinski definition) is 6. The van der Waals surface area contributed by atoms with Crippen molar-refractivity contribution in [3.8, 4) is 11.1 Å². The Morgan fingerprint density at radius 1 is 0.971 bits per heavy atom. The molecule has 1 atom stereocenters. The van der Waals surface area contributed by atoms with Gasteiger partial charge < -0.3 is 30.0 Å². The van der Waals surface area contributed by atoms with Crippen LogP contribution < -0.4 is 10.6 Å². The first kappa shape index (κ1) is 24.0. The van der Waals surface area contributed by atoms with Gasteiger partial charge in [-0.05, 0) is 41.3 Å². The van der Waals surface area contributed by atoms with Crippen molar-refractivity contribution in [2.45, 2.75) is 31.4 Å². The molecule has 0 radical (unpaired) electrons. The lowest BCUT2D eigenvalue weighted by Gasteiger charge is -2.20. The molecule has 1 aromatic heterocycles. The van der Waals surface area contributed by atoms with Crippen molar-refractivity contribution in [2.24, 2.45) is 0 Å². The van der Waals surface area contributed by atoms with Crippen LogP contribution in [0.3, 0.4) is 0 Å². The van der Waals surface area contributed by atoms with Gasteiger partial charge in [0.15, 0.2) is 5.76 Å². The molecule has 3 aromatic rings. The Bertz CT molecular complexity index is 1200. The van der Waals surface area contributed by atoms with E-state index in [4.69, 9.17) is 14.3 Å². The number of benzene rings is 2. The second kappa shape index (κ2) is 10.0. The largest absolute Gasteiger partial charge is 0.481 e. The molecule has 35 heavy (non-hydrogen) atoms. The maximum absolute atomic E-state index is 12.3. The van der Waals surface area contributed by atoms with Crippen LogP contribution in [0.5, 0.6) is 0 Å². The van der Waals surface area contributed by atoms with Crippen molar-refractivity contribution in [1.82, 2.24) is 10.6 Å². The van der Waals surface area contributed by atoms with Crippen molar-refractivity contribution >= 4 is 18.0 Å². The molecular weight excluding hydrogens is 452 g/mol. The zero-order chi connectivity index (χ0) is 25.0. The zero-order valence-electron chi connectivity index (χ0n) is 19.1. The molecule has 1 heterocycles. The topological polar surface area (TPSA) is 138 Å². The normalized spacial score (nSPS) is 13.9. The van der Waals surface area contributed by atoms with Gasteiger partial charge in [-0.2, -0.15) is 0 Å². The fourth-order valence-corrected chi connectivity index (χ4v) is 4.15. The molecule has 2 aromatic carbocycles. The summed E-state index contributed by atoms with van der Waals surface area (Å²) in [5.74, 6) is -1.53. The van der Waals surface area contributed by atoms with E-state index in [0.717, 1.165) is 22.3 Å². The number of alkyl carbamates (subject to hydrolysis) is 1. The molecule has 4 rings (SSSR count). The summed E-state index contributed by atoms with van der Waals surface area (Å²) in [6.45, 7) is 1.25. The van der Waals surface area contributed by atoms with Crippen LogP contribution in [0, 0.1) is 0 Å². The number of fused-ring (bicyclic) bond motifs is 3. The van der Waals surface area contributed by atoms with Crippen LogP contribution in [0.2, 0.25) is 0 Å². The number of hydrogen-bond donors (Lipinski definition) is 4. The van der Waals surface area contributed by atoms with Crippen LogP contribution in [-0.4, -0.2) is 46.9 Å². The molecule has 4 N–H and O–H groups in total. The lowest BCUT2D eigenvalue weighted by Crippen LogP contribution is -2.42. The molecule has 0 saturated carbocycles. The summed E-state index contributed by atoms with van der Waals surface area (Å²) in [5, 5.41) is 23.8. The van der Waals surface area contributed by atoms with Gasteiger partial charge in [0, 0.05) is 12.5 Å². The SMILES string of the molecule is CC(O)(CNC(=O)c1ccc(CNC(=O)OCC2c3ccccc3-c3ccccc32)o1)CC(=O)O. The van der Waals surface area contributed by atoms with Gasteiger partial charge >= 0.3 is 12.1 Å². The minimum absolute atomic E-state index is 0.0146. The Kier molecular flexibility index (Phi) is 6.88. The van der Waals surface area contributed by atoms with Crippen molar-refractivity contribution < 1.29 is 33.8 Å². The Hall–Kier alpha value is -4.11. The van der Waals surface area contributed by atoms with E-state index in [-0.39, 0.29) is 31.4 Å². The highest BCUT2D eigenvalue weighted by molar-refractivity contribution is 5.91. The number of carbonyl (C=O) groups is 3. The zero-order valence-corrected chi connectivity index (χ0v) is 19.1. The predicted molar refractivity (Wildman–Crippen MR) is 126 cm³/mol. The molecule has 9 heteroatoms. The van der Waals surface area contributed by atoms with E-state index in [1.807, 2.05) is 36.4 Å². The van der Waals surface area contributed by atoms with Gasteiger partial charge in [-0.1, -0.05) is 48.5 Å². The maximum atomic E-state index is 12.3. The van der Waals surface area contributed by atoms with Crippen LogP contribution in [0.15, 0.2) is 65.1 Å². The van der Waals surface area contributed by atoms with E-state index in [1.54, 1.807) is 0 Å². The summed E-state index contributed by atoms with van der Waals surface area (Å²) in [4.78, 5) is 35.3. The molecule has 0 bridgehead atoms. The first-order valence-electron chi connectivity index (χ1n) is 11.1. The van der Waals surface area contributed by atoms with Gasteiger partial charge in [0.1, 0.15) is 12.4 Å². The average Bonchev–Trinajstić information content (AvgIpc) is 3.42. The van der Waals surface area contributed by atoms with Gasteiger partial charge in [0.25, 0.3) is 5.91 Å². The van der Waals surface area contributed by atoms with Crippen LogP contribution in [-0.2, 0) is 16.1 Å². The number of furan rings is 1. The number of carbonyl (C=O) groups excluding carboxylic acids is 2. The molecule has 182 valence electrons. The molecule has 1 aliphatic rings. The molecule has 0 saturated heterocycles. The quantitative estimate of drug-likeness (QED) is 0.370. The summed E-state index contributed by atoms with van der Waals surface area (Å²) in [7, 11) is 0. The number of carboxylic acids is 1. The number of ether oxygens (including phenoxy) is 1. The summed E-state index contributed by atoms with van der Waals surface area (Å²) in [6, 6.07) is 19.1. The number of aliphatic carboxylic acids is 1. The third-order valence-electron chi connectivity index (χ3n) is 5.80. The second-order valence-electron chi connectivity index (χ2n) is 8.70. The average molecular weight is 479 g/mol. The van der Waals surface area contributed by atoms with Gasteiger partial charge in [-0.25, -0.2) is 4.79 Å². The fraction of sp³-hybridized carbons (Fsp3) is 0.269. The molecule has 0 spiro atoms. The smallest absolute Gasteiger partial charge is 0.407 e. The summed E-state index contributed by atoms with van der Waals surface area (Å²) in [5.41, 5.74) is 2.92. The van der Waals surface area contributed by atoms with Crippen LogP contribution in [0.25, 0.3) is 11.1 Å². The monoisotopic (exact) mass is 478 g/mol. The Morgan fingerprint density at radius 2 is 1.60 bits per heavy atom. The predicted octanol–water partition coefficient (Wildman–Crippen LogP) is 3.27. The van der Waals surface area contributed by atoms with Crippen molar-refractivity contribution in [1.29, 1.82) is 0 Å². The number of rotatable bonds is 9. The third-order valence-corrected chi connectivity index (χ3v) is 5.80. The lowest BCUT2D eigenvalue weighted by atomic mass is 9.98. The van der Waals surface area contributed by atoms with Gasteiger partial charge in [-0.15, -0.1) is 0 Å². The third kappa shape index (κ3) is 5.70. The lowest BCUT2D eigenvalue weighted by molar-refractivity contribution is -0.141. The molecule has 2 amide bonds. The number of nitrogens with one attached hydrogen (secondary N) is 2. The Balaban J connectivity index is 1.27. The van der Waals surface area contributed by atoms with Crippen LogP contribution >= 0.6 is 0 Å². The van der Waals surface area contributed by atoms with E-state index in [2.05, 4.69) is 22.8 Å². The van der Waals surface area contributed by atoms with Crippen molar-refractivity contribution in [3.05, 3.63) is 83.3 Å². The highest BCUT2D eigenvalue weighted by atomic mass is 16.5. The summed E-state index contributed by atoms with van der Waals surface area (Å²) in [6.07, 6.45) is -1.13. The van der Waals surface area contributed by atoms with Crippen LogP contribution in [0.1, 0.15) is 46.7 Å². The van der Waals surface area contributed by atoms with E-state index in [1.165, 1.54) is 19.1 Å². The molecular formula is C26H26N2O7. The first-order chi connectivity index (χ1) is 16.7. The summed E-state index contributed by atoms with van der Waals surface area (Å²) >= 11 is 0.